The van der Waals surface area contributed by atoms with Gasteiger partial charge in [0, 0.05) is 0 Å². The zero-order chi connectivity index (χ0) is 17.5. The van der Waals surface area contributed by atoms with Crippen molar-refractivity contribution in [1.29, 1.82) is 0 Å². The summed E-state index contributed by atoms with van der Waals surface area (Å²) in [6.45, 7) is 4.43. The van der Waals surface area contributed by atoms with Crippen molar-refractivity contribution in [3.63, 3.8) is 0 Å². The van der Waals surface area contributed by atoms with E-state index in [4.69, 9.17) is 0 Å². The second-order valence-corrected chi connectivity index (χ2v) is 7.66. The molecule has 0 spiro atoms. The van der Waals surface area contributed by atoms with E-state index in [0.717, 1.165) is 5.92 Å². The molecule has 3 rings (SSSR count). The normalized spacial score (nSPS) is 17.4. The Balaban J connectivity index is 1.57. The molecular formula is C25H32. The van der Waals surface area contributed by atoms with Gasteiger partial charge in [0.25, 0.3) is 0 Å². The topological polar surface area (TPSA) is 0 Å². The van der Waals surface area contributed by atoms with Crippen molar-refractivity contribution >= 4 is 5.57 Å². The highest BCUT2D eigenvalue weighted by Gasteiger charge is 2.15. The highest BCUT2D eigenvalue weighted by Crippen LogP contribution is 2.33. The van der Waals surface area contributed by atoms with Crippen LogP contribution in [0.1, 0.15) is 69.4 Å². The van der Waals surface area contributed by atoms with Crippen LogP contribution in [0.15, 0.2) is 54.6 Å². The first-order chi connectivity index (χ1) is 12.3. The molecule has 0 N–H and O–H groups in total. The van der Waals surface area contributed by atoms with Crippen LogP contribution >= 0.6 is 0 Å². The lowest BCUT2D eigenvalue weighted by Gasteiger charge is -2.22. The largest absolute Gasteiger partial charge is 0.0804 e. The Labute approximate surface area is 154 Å². The molecule has 0 aromatic heterocycles. The quantitative estimate of drug-likeness (QED) is 0.453. The highest BCUT2D eigenvalue weighted by molar-refractivity contribution is 5.71. The number of hydrogen-bond donors (Lipinski definition) is 0. The summed E-state index contributed by atoms with van der Waals surface area (Å²) in [6.07, 6.45) is 13.4. The van der Waals surface area contributed by atoms with Crippen LogP contribution in [-0.4, -0.2) is 0 Å². The van der Waals surface area contributed by atoms with Gasteiger partial charge >= 0.3 is 0 Å². The summed E-state index contributed by atoms with van der Waals surface area (Å²) in [5.41, 5.74) is 6.91. The minimum Gasteiger partial charge on any atom is -0.0804 e. The second kappa shape index (κ2) is 9.04. The summed E-state index contributed by atoms with van der Waals surface area (Å²) < 4.78 is 0. The summed E-state index contributed by atoms with van der Waals surface area (Å²) in [5.74, 6) is 0.924. The van der Waals surface area contributed by atoms with E-state index in [1.807, 2.05) is 0 Å². The molecule has 0 aliphatic heterocycles. The van der Waals surface area contributed by atoms with Crippen LogP contribution in [0.25, 0.3) is 16.7 Å². The monoisotopic (exact) mass is 332 g/mol. The summed E-state index contributed by atoms with van der Waals surface area (Å²) in [4.78, 5) is 0. The van der Waals surface area contributed by atoms with Crippen LogP contribution in [0.4, 0.5) is 0 Å². The van der Waals surface area contributed by atoms with Gasteiger partial charge in [0.05, 0.1) is 0 Å². The van der Waals surface area contributed by atoms with Crippen molar-refractivity contribution < 1.29 is 0 Å². The molecule has 2 aromatic carbocycles. The predicted octanol–water partition coefficient (Wildman–Crippen LogP) is 7.82. The molecule has 132 valence electrons. The molecule has 1 atom stereocenters. The van der Waals surface area contributed by atoms with Gasteiger partial charge in [0.1, 0.15) is 0 Å². The molecule has 0 fully saturated rings. The van der Waals surface area contributed by atoms with E-state index < -0.39 is 0 Å². The van der Waals surface area contributed by atoms with E-state index in [0.29, 0.717) is 0 Å². The van der Waals surface area contributed by atoms with Gasteiger partial charge in [-0.2, -0.15) is 0 Å². The predicted molar refractivity (Wildman–Crippen MR) is 111 cm³/mol. The summed E-state index contributed by atoms with van der Waals surface area (Å²) in [5, 5.41) is 0. The molecule has 1 aliphatic rings. The Hall–Kier alpha value is -1.82. The molecule has 2 aromatic rings. The van der Waals surface area contributed by atoms with Crippen molar-refractivity contribution in [3.05, 3.63) is 65.7 Å². The lowest BCUT2D eigenvalue weighted by Crippen LogP contribution is -2.05. The molecule has 0 radical (unpaired) electrons. The van der Waals surface area contributed by atoms with E-state index in [-0.39, 0.29) is 0 Å². The Bertz CT molecular complexity index is 673. The third-order valence-corrected chi connectivity index (χ3v) is 5.63. The van der Waals surface area contributed by atoms with E-state index >= 15 is 0 Å². The lowest BCUT2D eigenvalue weighted by atomic mass is 9.83. The maximum absolute atomic E-state index is 2.51. The molecule has 0 heterocycles. The van der Waals surface area contributed by atoms with Crippen molar-refractivity contribution in [2.75, 3.05) is 0 Å². The van der Waals surface area contributed by atoms with Gasteiger partial charge in [0.2, 0.25) is 0 Å². The van der Waals surface area contributed by atoms with Gasteiger partial charge in [-0.3, -0.25) is 0 Å². The Morgan fingerprint density at radius 1 is 0.800 bits per heavy atom. The van der Waals surface area contributed by atoms with Gasteiger partial charge in [-0.1, -0.05) is 99.2 Å². The third kappa shape index (κ3) is 5.08. The molecule has 0 heteroatoms. The summed E-state index contributed by atoms with van der Waals surface area (Å²) in [7, 11) is 0. The minimum atomic E-state index is 0.924. The number of benzene rings is 2. The lowest BCUT2D eigenvalue weighted by molar-refractivity contribution is 0.425. The fourth-order valence-electron chi connectivity index (χ4n) is 3.90. The van der Waals surface area contributed by atoms with Crippen molar-refractivity contribution in [2.45, 2.75) is 65.2 Å². The molecule has 0 bridgehead atoms. The van der Waals surface area contributed by atoms with Crippen LogP contribution in [0.3, 0.4) is 0 Å². The van der Waals surface area contributed by atoms with Crippen molar-refractivity contribution in [3.8, 4) is 11.1 Å². The zero-order valence-electron chi connectivity index (χ0n) is 15.9. The summed E-state index contributed by atoms with van der Waals surface area (Å²) >= 11 is 0. The van der Waals surface area contributed by atoms with Gasteiger partial charge in [-0.15, -0.1) is 0 Å². The third-order valence-electron chi connectivity index (χ3n) is 5.63. The first-order valence-corrected chi connectivity index (χ1v) is 10.1. The molecule has 0 nitrogen and oxygen atoms in total. The number of rotatable bonds is 7. The maximum atomic E-state index is 2.51. The molecule has 0 amide bonds. The van der Waals surface area contributed by atoms with Gasteiger partial charge in [-0.25, -0.2) is 0 Å². The fraction of sp³-hybridized carbons (Fsp3) is 0.440. The SMILES string of the molecule is CCCCCCC1CC=C(c2ccc(-c3ccc(C)cc3)cc2)CC1. The first-order valence-electron chi connectivity index (χ1n) is 10.1. The van der Waals surface area contributed by atoms with E-state index in [9.17, 15) is 0 Å². The zero-order valence-corrected chi connectivity index (χ0v) is 15.9. The standard InChI is InChI=1S/C25H32/c1-3-4-5-6-7-21-10-14-23(15-11-21)25-18-16-24(17-19-25)22-12-8-20(2)9-13-22/h8-9,12-14,16-19,21H,3-7,10-11,15H2,1-2H3. The average molecular weight is 333 g/mol. The van der Waals surface area contributed by atoms with Crippen molar-refractivity contribution in [2.24, 2.45) is 5.92 Å². The molecule has 1 unspecified atom stereocenters. The molecule has 1 aliphatic carbocycles. The van der Waals surface area contributed by atoms with Gasteiger partial charge < -0.3 is 0 Å². The van der Waals surface area contributed by atoms with E-state index in [1.165, 1.54) is 73.6 Å². The van der Waals surface area contributed by atoms with Crippen LogP contribution in [0.2, 0.25) is 0 Å². The fourth-order valence-corrected chi connectivity index (χ4v) is 3.90. The van der Waals surface area contributed by atoms with Crippen LogP contribution in [0.5, 0.6) is 0 Å². The molecular weight excluding hydrogens is 300 g/mol. The number of hydrogen-bond acceptors (Lipinski definition) is 0. The molecule has 0 saturated carbocycles. The van der Waals surface area contributed by atoms with Crippen LogP contribution in [0, 0.1) is 12.8 Å². The van der Waals surface area contributed by atoms with Crippen LogP contribution in [-0.2, 0) is 0 Å². The number of aryl methyl sites for hydroxylation is 1. The Morgan fingerprint density at radius 2 is 1.44 bits per heavy atom. The first kappa shape index (κ1) is 18.0. The van der Waals surface area contributed by atoms with Crippen LogP contribution < -0.4 is 0 Å². The second-order valence-electron chi connectivity index (χ2n) is 7.66. The number of unbranched alkanes of at least 4 members (excludes halogenated alkanes) is 3. The minimum absolute atomic E-state index is 0.924. The molecule has 0 saturated heterocycles. The average Bonchev–Trinajstić information content (AvgIpc) is 2.67. The Kier molecular flexibility index (Phi) is 6.50. The van der Waals surface area contributed by atoms with Crippen molar-refractivity contribution in [1.82, 2.24) is 0 Å². The van der Waals surface area contributed by atoms with E-state index in [1.54, 1.807) is 5.57 Å². The highest BCUT2D eigenvalue weighted by atomic mass is 14.2. The van der Waals surface area contributed by atoms with Gasteiger partial charge in [0.15, 0.2) is 0 Å². The van der Waals surface area contributed by atoms with E-state index in [2.05, 4.69) is 68.5 Å². The number of allylic oxidation sites excluding steroid dienone is 2. The summed E-state index contributed by atoms with van der Waals surface area (Å²) in [6, 6.07) is 18.0. The van der Waals surface area contributed by atoms with Gasteiger partial charge in [-0.05, 0) is 54.4 Å². The smallest absolute Gasteiger partial charge is 0.0184 e. The maximum Gasteiger partial charge on any atom is -0.0184 e. The molecule has 25 heavy (non-hydrogen) atoms. The Morgan fingerprint density at radius 3 is 2.04 bits per heavy atom.